The van der Waals surface area contributed by atoms with Gasteiger partial charge in [-0.2, -0.15) is 0 Å². The van der Waals surface area contributed by atoms with Crippen LogP contribution < -0.4 is 0 Å². The zero-order chi connectivity index (χ0) is 48.2. The molecular weight excluding hydrogens is 827 g/mol. The number of hydrogen-bond acceptors (Lipinski definition) is 11. The summed E-state index contributed by atoms with van der Waals surface area (Å²) in [7, 11) is 4.90. The number of piperidine rings is 1. The van der Waals surface area contributed by atoms with E-state index in [0.717, 1.165) is 36.8 Å². The molecule has 0 aromatic heterocycles. The van der Waals surface area contributed by atoms with Crippen LogP contribution in [0.2, 0.25) is 0 Å². The van der Waals surface area contributed by atoms with Gasteiger partial charge in [-0.1, -0.05) is 84.6 Å². The number of carbonyl (C=O) groups is 4. The average Bonchev–Trinajstić information content (AvgIpc) is 3.28. The van der Waals surface area contributed by atoms with Gasteiger partial charge < -0.3 is 38.8 Å². The summed E-state index contributed by atoms with van der Waals surface area (Å²) >= 11 is 0. The number of rotatable bonds is 6. The maximum atomic E-state index is 14.4. The van der Waals surface area contributed by atoms with Crippen molar-refractivity contribution in [3.8, 4) is 0 Å². The van der Waals surface area contributed by atoms with E-state index < -0.39 is 65.7 Å². The Morgan fingerprint density at radius 2 is 1.60 bits per heavy atom. The van der Waals surface area contributed by atoms with Crippen LogP contribution in [0.25, 0.3) is 0 Å². The summed E-state index contributed by atoms with van der Waals surface area (Å²) in [4.78, 5) is 58.3. The summed E-state index contributed by atoms with van der Waals surface area (Å²) in [5, 5.41) is 23.6. The summed E-state index contributed by atoms with van der Waals surface area (Å²) in [5.74, 6) is -5.92. The van der Waals surface area contributed by atoms with Crippen LogP contribution in [-0.4, -0.2) is 115 Å². The van der Waals surface area contributed by atoms with Gasteiger partial charge in [0.15, 0.2) is 0 Å². The second kappa shape index (κ2) is 25.2. The first kappa shape index (κ1) is 54.3. The number of aliphatic hydroxyl groups excluding tert-OH is 1. The molecule has 4 rings (SSSR count). The molecule has 12 nitrogen and oxygen atoms in total. The smallest absolute Gasteiger partial charge is 0.329 e. The number of allylic oxidation sites excluding steroid dienone is 6. The number of fused-ring (bicyclic) bond motifs is 3. The van der Waals surface area contributed by atoms with E-state index in [-0.39, 0.29) is 55.1 Å². The van der Waals surface area contributed by atoms with Crippen LogP contribution >= 0.6 is 0 Å². The number of esters is 1. The highest BCUT2D eigenvalue weighted by atomic mass is 16.6. The Labute approximate surface area is 390 Å². The highest BCUT2D eigenvalue weighted by Crippen LogP contribution is 2.38. The Morgan fingerprint density at radius 3 is 2.28 bits per heavy atom. The standard InChI is InChI=1S/C53H83NO11/c1-32-18-14-13-15-19-33(2)46(62-11)30-42-24-22-39(8)53(60,65-42)50(57)51(58)54-25-17-16-20-43(54)52(59)64-47(37(6)28-41-23-21-34(3)45(29-41)61-10)31-44(55)36(5)27-38(7)48(56)49(63-12)40(9)35(4)26-32/h13-15,18-19,27,32,34-37,39,41-43,45-49,56,60H,9,16-17,20-26,28-31H2,1-8,10-12H3/b15-13+,18-14+,33-19+,38-27+/t32-,34-,35-,36-,37-,39-,41+,42+,43+,45-,46+,47+,48-,49+,53-/m1/s1. The van der Waals surface area contributed by atoms with Crippen LogP contribution in [0, 0.1) is 41.4 Å². The fourth-order valence-corrected chi connectivity index (χ4v) is 10.5. The average molecular weight is 910 g/mol. The molecule has 15 atom stereocenters. The fraction of sp³-hybridized carbons (Fsp3) is 0.736. The molecule has 0 aromatic rings. The number of cyclic esters (lactones) is 1. The van der Waals surface area contributed by atoms with Gasteiger partial charge in [0, 0.05) is 52.6 Å². The Morgan fingerprint density at radius 1 is 0.877 bits per heavy atom. The normalized spacial score (nSPS) is 40.4. The molecule has 3 aliphatic heterocycles. The quantitative estimate of drug-likeness (QED) is 0.150. The highest BCUT2D eigenvalue weighted by Gasteiger charge is 2.53. The summed E-state index contributed by atoms with van der Waals surface area (Å²) in [5.41, 5.74) is 2.25. The van der Waals surface area contributed by atoms with Crippen molar-refractivity contribution >= 4 is 23.4 Å². The van der Waals surface area contributed by atoms with Gasteiger partial charge in [0.1, 0.15) is 30.1 Å². The number of amides is 1. The summed E-state index contributed by atoms with van der Waals surface area (Å²) < 4.78 is 30.0. The number of ether oxygens (including phenoxy) is 5. The van der Waals surface area contributed by atoms with Gasteiger partial charge in [-0.3, -0.25) is 14.4 Å². The van der Waals surface area contributed by atoms with Crippen molar-refractivity contribution in [1.82, 2.24) is 4.90 Å². The molecule has 3 fully saturated rings. The van der Waals surface area contributed by atoms with E-state index in [2.05, 4.69) is 33.4 Å². The molecule has 4 aliphatic rings. The Hall–Kier alpha value is -3.26. The number of Topliss-reactive ketones (excluding diaryl/α,β-unsaturated/α-hetero) is 2. The van der Waals surface area contributed by atoms with Gasteiger partial charge in [-0.25, -0.2) is 4.79 Å². The third kappa shape index (κ3) is 14.4. The molecule has 3 heterocycles. The second-order valence-electron chi connectivity index (χ2n) is 20.2. The molecule has 0 spiro atoms. The summed E-state index contributed by atoms with van der Waals surface area (Å²) in [6.07, 6.45) is 15.4. The van der Waals surface area contributed by atoms with Crippen molar-refractivity contribution in [1.29, 1.82) is 0 Å². The van der Waals surface area contributed by atoms with Gasteiger partial charge in [0.05, 0.1) is 18.3 Å². The summed E-state index contributed by atoms with van der Waals surface area (Å²) in [6.45, 7) is 20.1. The minimum atomic E-state index is -2.39. The van der Waals surface area contributed by atoms with Crippen molar-refractivity contribution in [2.45, 2.75) is 181 Å². The number of aliphatic hydroxyl groups is 2. The third-order valence-electron chi connectivity index (χ3n) is 15.1. The maximum Gasteiger partial charge on any atom is 0.329 e. The molecule has 1 saturated carbocycles. The molecule has 2 saturated heterocycles. The molecule has 0 unspecified atom stereocenters. The fourth-order valence-electron chi connectivity index (χ4n) is 10.5. The predicted octanol–water partition coefficient (Wildman–Crippen LogP) is 8.44. The predicted molar refractivity (Wildman–Crippen MR) is 252 cm³/mol. The Balaban J connectivity index is 1.70. The zero-order valence-electron chi connectivity index (χ0n) is 41.5. The number of methoxy groups -OCH3 is 3. The second-order valence-corrected chi connectivity index (χ2v) is 20.2. The number of carbonyl (C=O) groups excluding carboxylic acids is 4. The molecule has 1 amide bonds. The maximum absolute atomic E-state index is 14.4. The van der Waals surface area contributed by atoms with E-state index in [1.54, 1.807) is 48.2 Å². The lowest BCUT2D eigenvalue weighted by Gasteiger charge is -2.42. The molecule has 65 heavy (non-hydrogen) atoms. The lowest BCUT2D eigenvalue weighted by atomic mass is 9.76. The van der Waals surface area contributed by atoms with Crippen molar-refractivity contribution < 1.29 is 53.1 Å². The first-order chi connectivity index (χ1) is 30.7. The number of hydrogen-bond donors (Lipinski definition) is 2. The van der Waals surface area contributed by atoms with E-state index >= 15 is 0 Å². The lowest BCUT2D eigenvalue weighted by Crippen LogP contribution is -2.61. The van der Waals surface area contributed by atoms with E-state index in [0.29, 0.717) is 55.9 Å². The van der Waals surface area contributed by atoms with Gasteiger partial charge in [-0.05, 0) is 124 Å². The largest absolute Gasteiger partial charge is 0.460 e. The van der Waals surface area contributed by atoms with Gasteiger partial charge in [-0.15, -0.1) is 0 Å². The van der Waals surface area contributed by atoms with Crippen LogP contribution in [0.15, 0.2) is 59.8 Å². The van der Waals surface area contributed by atoms with Crippen molar-refractivity contribution in [3.63, 3.8) is 0 Å². The molecule has 0 radical (unpaired) electrons. The molecule has 0 aromatic carbocycles. The van der Waals surface area contributed by atoms with Crippen LogP contribution in [0.5, 0.6) is 0 Å². The van der Waals surface area contributed by atoms with Crippen LogP contribution in [0.1, 0.15) is 132 Å². The van der Waals surface area contributed by atoms with Crippen molar-refractivity contribution in [2.24, 2.45) is 41.4 Å². The summed E-state index contributed by atoms with van der Waals surface area (Å²) in [6, 6.07) is -1.08. The molecule has 366 valence electrons. The molecule has 2 bridgehead atoms. The third-order valence-corrected chi connectivity index (χ3v) is 15.1. The first-order valence-electron chi connectivity index (χ1n) is 24.4. The topological polar surface area (TPSA) is 158 Å². The number of ketones is 2. The molecule has 1 aliphatic carbocycles. The Bertz CT molecular complexity index is 1750. The van der Waals surface area contributed by atoms with Crippen LogP contribution in [0.4, 0.5) is 0 Å². The Kier molecular flexibility index (Phi) is 21.1. The molecule has 12 heteroatoms. The van der Waals surface area contributed by atoms with E-state index in [1.165, 1.54) is 4.90 Å². The number of nitrogens with zero attached hydrogens (tertiary/aromatic N) is 1. The van der Waals surface area contributed by atoms with E-state index in [1.807, 2.05) is 38.2 Å². The van der Waals surface area contributed by atoms with E-state index in [9.17, 15) is 29.4 Å². The van der Waals surface area contributed by atoms with Crippen LogP contribution in [-0.2, 0) is 42.9 Å². The highest BCUT2D eigenvalue weighted by molar-refractivity contribution is 6.39. The monoisotopic (exact) mass is 910 g/mol. The van der Waals surface area contributed by atoms with Gasteiger partial charge >= 0.3 is 5.97 Å². The molecule has 2 N–H and O–H groups in total. The van der Waals surface area contributed by atoms with Crippen molar-refractivity contribution in [3.05, 3.63) is 59.8 Å². The van der Waals surface area contributed by atoms with Crippen LogP contribution in [0.3, 0.4) is 0 Å². The lowest BCUT2D eigenvalue weighted by molar-refractivity contribution is -0.265. The van der Waals surface area contributed by atoms with E-state index in [4.69, 9.17) is 23.7 Å². The SMILES string of the molecule is C=C1[C@H](C)C[C@H](C)/C=C/C=C/C=C(\C)[C@@H](OC)C[C@@H]2CC[C@@H](C)[C@@](O)(O2)C(=O)C(=O)N2CCCC[C@H]2C(=O)O[C@H]([C@H](C)C[C@@H]2CC[C@@H](C)[C@H](OC)C2)CC(=O)[C@H](C)/C=C(\C)[C@@H](O)[C@H]1OC. The molecular formula is C53H83NO11. The van der Waals surface area contributed by atoms with Gasteiger partial charge in [0.2, 0.25) is 5.79 Å². The van der Waals surface area contributed by atoms with Gasteiger partial charge in [0.25, 0.3) is 11.7 Å². The first-order valence-corrected chi connectivity index (χ1v) is 24.4. The van der Waals surface area contributed by atoms with Crippen molar-refractivity contribution in [2.75, 3.05) is 27.9 Å². The minimum Gasteiger partial charge on any atom is -0.460 e. The zero-order valence-corrected chi connectivity index (χ0v) is 41.5. The minimum absolute atomic E-state index is 0.0162.